The molecule has 3 N–H and O–H groups in total. The molecule has 6 aromatic heterocycles. The summed E-state index contributed by atoms with van der Waals surface area (Å²) in [7, 11) is -3.72. The molecule has 318 valence electrons. The number of rotatable bonds is 6. The Kier molecular flexibility index (Phi) is 11.3. The second kappa shape index (κ2) is 16.2. The average molecular weight is 928 g/mol. The third kappa shape index (κ3) is 7.91. The molecule has 0 aliphatic carbocycles. The van der Waals surface area contributed by atoms with E-state index in [2.05, 4.69) is 41.5 Å². The van der Waals surface area contributed by atoms with E-state index in [-0.39, 0.29) is 55.4 Å². The van der Waals surface area contributed by atoms with Crippen molar-refractivity contribution in [1.82, 2.24) is 29.4 Å². The average Bonchev–Trinajstić information content (AvgIpc) is 3.71. The van der Waals surface area contributed by atoms with Crippen molar-refractivity contribution < 1.29 is 31.0 Å². The Bertz CT molecular complexity index is 3370. The van der Waals surface area contributed by atoms with Crippen LogP contribution in [-0.2, 0) is 14.6 Å². The maximum Gasteiger partial charge on any atom is 0.221 e. The SMILES string of the molecule is CC(=O)Nc1cc(-n2c(C)cc(=O)c3ccc(-c4c(C)noc4C)nc32)c(F)cc1Br.Cc1noc(C)c1-c1ccc2c(=O)cc(C)n(-c3cc(N)c(S(C)(=O)=O)cc3F)c2n1. The molecule has 0 unspecified atom stereocenters. The largest absolute Gasteiger partial charge is 0.398 e. The van der Waals surface area contributed by atoms with E-state index < -0.39 is 21.5 Å². The predicted octanol–water partition coefficient (Wildman–Crippen LogP) is 7.92. The highest BCUT2D eigenvalue weighted by Crippen LogP contribution is 2.33. The Morgan fingerprint density at radius 3 is 1.60 bits per heavy atom. The Balaban J connectivity index is 0.000000186. The van der Waals surface area contributed by atoms with Crippen molar-refractivity contribution in [1.29, 1.82) is 0 Å². The number of carbonyl (C=O) groups excluding carboxylic acids is 1. The van der Waals surface area contributed by atoms with Crippen molar-refractivity contribution in [2.24, 2.45) is 0 Å². The maximum atomic E-state index is 15.1. The van der Waals surface area contributed by atoms with Crippen LogP contribution in [0.25, 0.3) is 56.0 Å². The second-order valence-electron chi connectivity index (χ2n) is 14.6. The Morgan fingerprint density at radius 1 is 0.726 bits per heavy atom. The smallest absolute Gasteiger partial charge is 0.221 e. The number of nitrogens with two attached hydrogens (primary N) is 1. The molecule has 0 bridgehead atoms. The minimum atomic E-state index is -3.72. The van der Waals surface area contributed by atoms with Gasteiger partial charge in [0.15, 0.2) is 20.7 Å². The molecule has 0 aliphatic rings. The lowest BCUT2D eigenvalue weighted by molar-refractivity contribution is -0.114. The Labute approximate surface area is 360 Å². The number of benzene rings is 2. The van der Waals surface area contributed by atoms with Crippen LogP contribution in [0.15, 0.2) is 88.7 Å². The van der Waals surface area contributed by atoms with Crippen molar-refractivity contribution in [3.8, 4) is 33.9 Å². The standard InChI is InChI=1S/C22H18BrFN4O3.C21H19FN4O4S/c1-10-7-20(30)14-5-6-17(21-11(2)27-31-12(21)3)26-22(14)28(10)19-9-18(25-13(4)29)15(23)8-16(19)24;1-10-7-18(27)13-5-6-16(20-11(2)25-30-12(20)3)24-21(13)26(10)17-9-15(23)19(8-14(17)22)31(4,28)29/h5-9H,1-4H3,(H,25,29);5-9H,23H2,1-4H3. The molecule has 62 heavy (non-hydrogen) atoms. The highest BCUT2D eigenvalue weighted by Gasteiger charge is 2.22. The summed E-state index contributed by atoms with van der Waals surface area (Å²) in [5, 5.41) is 11.2. The van der Waals surface area contributed by atoms with Gasteiger partial charge in [-0.2, -0.15) is 0 Å². The highest BCUT2D eigenvalue weighted by atomic mass is 79.9. The number of halogens is 3. The van der Waals surface area contributed by atoms with Crippen molar-refractivity contribution in [2.75, 3.05) is 17.3 Å². The minimum absolute atomic E-state index is 0.0178. The number of nitrogens with zero attached hydrogens (tertiary/aromatic N) is 6. The number of carbonyl (C=O) groups is 1. The van der Waals surface area contributed by atoms with E-state index in [4.69, 9.17) is 14.8 Å². The number of hydrogen-bond acceptors (Lipinski definition) is 12. The molecule has 8 rings (SSSR count). The molecule has 1 amide bonds. The van der Waals surface area contributed by atoms with Gasteiger partial charge in [-0.15, -0.1) is 0 Å². The molecule has 0 saturated heterocycles. The molecule has 8 aromatic rings. The van der Waals surface area contributed by atoms with E-state index >= 15 is 8.78 Å². The van der Waals surface area contributed by atoms with Gasteiger partial charge in [0.25, 0.3) is 0 Å². The fourth-order valence-electron chi connectivity index (χ4n) is 7.25. The number of amides is 1. The highest BCUT2D eigenvalue weighted by molar-refractivity contribution is 9.10. The van der Waals surface area contributed by atoms with E-state index in [0.717, 1.165) is 17.9 Å². The summed E-state index contributed by atoms with van der Waals surface area (Å²) < 4.78 is 67.8. The van der Waals surface area contributed by atoms with Gasteiger partial charge < -0.3 is 20.1 Å². The molecule has 0 saturated carbocycles. The van der Waals surface area contributed by atoms with Gasteiger partial charge in [-0.05, 0) is 106 Å². The molecule has 0 atom stereocenters. The van der Waals surface area contributed by atoms with Gasteiger partial charge in [0.2, 0.25) is 5.91 Å². The van der Waals surface area contributed by atoms with Crippen molar-refractivity contribution in [3.63, 3.8) is 0 Å². The Hall–Kier alpha value is -6.86. The first-order chi connectivity index (χ1) is 29.2. The van der Waals surface area contributed by atoms with Gasteiger partial charge in [0.05, 0.1) is 72.3 Å². The Morgan fingerprint density at radius 2 is 1.18 bits per heavy atom. The molecule has 0 radical (unpaired) electrons. The van der Waals surface area contributed by atoms with Gasteiger partial charge in [-0.3, -0.25) is 23.5 Å². The maximum absolute atomic E-state index is 15.1. The van der Waals surface area contributed by atoms with Crippen molar-refractivity contribution in [2.45, 2.75) is 53.4 Å². The van der Waals surface area contributed by atoms with Crippen molar-refractivity contribution in [3.05, 3.63) is 132 Å². The van der Waals surface area contributed by atoms with Crippen LogP contribution in [0.5, 0.6) is 0 Å². The van der Waals surface area contributed by atoms with Crippen LogP contribution in [0.2, 0.25) is 0 Å². The van der Waals surface area contributed by atoms with E-state index in [1.165, 1.54) is 41.8 Å². The summed E-state index contributed by atoms with van der Waals surface area (Å²) in [5.74, 6) is -0.503. The zero-order valence-corrected chi connectivity index (χ0v) is 36.8. The van der Waals surface area contributed by atoms with Crippen LogP contribution in [-0.4, -0.2) is 50.0 Å². The zero-order valence-electron chi connectivity index (χ0n) is 34.4. The number of anilines is 2. The minimum Gasteiger partial charge on any atom is -0.398 e. The van der Waals surface area contributed by atoms with Crippen LogP contribution >= 0.6 is 15.9 Å². The van der Waals surface area contributed by atoms with Gasteiger partial charge >= 0.3 is 0 Å². The third-order valence-corrected chi connectivity index (χ3v) is 11.8. The number of nitrogens with one attached hydrogen (secondary N) is 1. The quantitative estimate of drug-likeness (QED) is 0.152. The fourth-order valence-corrected chi connectivity index (χ4v) is 8.47. The van der Waals surface area contributed by atoms with E-state index in [9.17, 15) is 22.8 Å². The molecule has 0 spiro atoms. The molecule has 0 aliphatic heterocycles. The first-order valence-electron chi connectivity index (χ1n) is 18.7. The molecule has 6 heterocycles. The van der Waals surface area contributed by atoms with Crippen LogP contribution in [0.1, 0.15) is 41.2 Å². The number of aryl methyl sites for hydroxylation is 6. The molecule has 15 nitrogen and oxygen atoms in total. The summed E-state index contributed by atoms with van der Waals surface area (Å²) in [6.07, 6.45) is 0.954. The molecular formula is C43H37BrF2N8O7S. The van der Waals surface area contributed by atoms with Gasteiger partial charge in [0.1, 0.15) is 34.4 Å². The third-order valence-electron chi connectivity index (χ3n) is 9.98. The second-order valence-corrected chi connectivity index (χ2v) is 17.4. The van der Waals surface area contributed by atoms with E-state index in [0.29, 0.717) is 66.8 Å². The lowest BCUT2D eigenvalue weighted by Crippen LogP contribution is -2.14. The number of sulfone groups is 1. The summed E-state index contributed by atoms with van der Waals surface area (Å²) >= 11 is 3.27. The van der Waals surface area contributed by atoms with Crippen LogP contribution in [0, 0.1) is 53.2 Å². The monoisotopic (exact) mass is 926 g/mol. The van der Waals surface area contributed by atoms with Gasteiger partial charge in [-0.1, -0.05) is 10.3 Å². The summed E-state index contributed by atoms with van der Waals surface area (Å²) in [4.78, 5) is 45.8. The molecule has 2 aromatic carbocycles. The molecule has 0 fully saturated rings. The van der Waals surface area contributed by atoms with Gasteiger partial charge in [-0.25, -0.2) is 27.2 Å². The topological polar surface area (TPSA) is 211 Å². The first-order valence-corrected chi connectivity index (χ1v) is 21.3. The number of hydrogen-bond donors (Lipinski definition) is 2. The van der Waals surface area contributed by atoms with E-state index in [1.807, 2.05) is 0 Å². The summed E-state index contributed by atoms with van der Waals surface area (Å²) in [6.45, 7) is 11.8. The first kappa shape index (κ1) is 43.2. The van der Waals surface area contributed by atoms with Gasteiger partial charge in [0, 0.05) is 41.2 Å². The van der Waals surface area contributed by atoms with E-state index in [1.54, 1.807) is 70.4 Å². The number of nitrogen functional groups attached to an aromatic ring is 1. The number of pyridine rings is 4. The fraction of sp³-hybridized carbons (Fsp3) is 0.186. The summed E-state index contributed by atoms with van der Waals surface area (Å²) in [6, 6.07) is 14.3. The van der Waals surface area contributed by atoms with Crippen LogP contribution in [0.3, 0.4) is 0 Å². The lowest BCUT2D eigenvalue weighted by atomic mass is 10.1. The zero-order chi connectivity index (χ0) is 45.1. The summed E-state index contributed by atoms with van der Waals surface area (Å²) in [5.41, 5.74) is 11.0. The molecular weight excluding hydrogens is 890 g/mol. The number of aromatic nitrogens is 6. The number of fused-ring (bicyclic) bond motifs is 2. The van der Waals surface area contributed by atoms with Crippen LogP contribution < -0.4 is 21.9 Å². The van der Waals surface area contributed by atoms with Crippen molar-refractivity contribution >= 4 is 65.1 Å². The predicted molar refractivity (Wildman–Crippen MR) is 234 cm³/mol. The van der Waals surface area contributed by atoms with Crippen LogP contribution in [0.4, 0.5) is 20.2 Å². The molecule has 19 heteroatoms. The normalized spacial score (nSPS) is 11.5. The lowest BCUT2D eigenvalue weighted by Gasteiger charge is -2.17.